The molecule has 0 rings (SSSR count). The van der Waals surface area contributed by atoms with Gasteiger partial charge in [-0.25, -0.2) is 0 Å². The summed E-state index contributed by atoms with van der Waals surface area (Å²) in [5.41, 5.74) is 3.93. The maximum atomic E-state index is 5.97. The Balaban J connectivity index is 4.73. The molecule has 0 bridgehead atoms. The summed E-state index contributed by atoms with van der Waals surface area (Å²) in [6.45, 7) is 14.9. The van der Waals surface area contributed by atoms with Gasteiger partial charge in [-0.15, -0.1) is 11.6 Å². The Kier molecular flexibility index (Phi) is 8.33. The van der Waals surface area contributed by atoms with Gasteiger partial charge in [-0.2, -0.15) is 0 Å². The Labute approximate surface area is 112 Å². The van der Waals surface area contributed by atoms with Gasteiger partial charge in [-0.3, -0.25) is 0 Å². The molecule has 0 aliphatic carbocycles. The molecular weight excluding hydrogens is 228 g/mol. The lowest BCUT2D eigenvalue weighted by Gasteiger charge is -2.15. The van der Waals surface area contributed by atoms with E-state index in [1.165, 1.54) is 16.7 Å². The van der Waals surface area contributed by atoms with Crippen LogP contribution < -0.4 is 0 Å². The molecule has 0 aliphatic rings. The van der Waals surface area contributed by atoms with Crippen LogP contribution in [0.15, 0.2) is 35.5 Å². The fourth-order valence-electron chi connectivity index (χ4n) is 1.66. The summed E-state index contributed by atoms with van der Waals surface area (Å²) in [4.78, 5) is 0. The molecule has 0 saturated carbocycles. The van der Waals surface area contributed by atoms with Crippen LogP contribution in [-0.4, -0.2) is 5.88 Å². The molecule has 0 saturated heterocycles. The van der Waals surface area contributed by atoms with Gasteiger partial charge in [0.1, 0.15) is 0 Å². The second-order valence-electron chi connectivity index (χ2n) is 5.00. The smallest absolute Gasteiger partial charge is 0.0254 e. The first-order valence-corrected chi connectivity index (χ1v) is 7.08. The number of halogens is 1. The molecule has 0 heterocycles. The van der Waals surface area contributed by atoms with Crippen LogP contribution in [0.2, 0.25) is 0 Å². The predicted molar refractivity (Wildman–Crippen MR) is 80.6 cm³/mol. The number of allylic oxidation sites excluding steroid dienone is 5. The highest BCUT2D eigenvalue weighted by Gasteiger charge is 2.09. The molecule has 0 radical (unpaired) electrons. The fraction of sp³-hybridized carbons (Fsp3) is 0.625. The third-order valence-electron chi connectivity index (χ3n) is 3.30. The molecule has 98 valence electrons. The lowest BCUT2D eigenvalue weighted by atomic mass is 9.92. The van der Waals surface area contributed by atoms with Crippen LogP contribution in [-0.2, 0) is 0 Å². The van der Waals surface area contributed by atoms with Crippen molar-refractivity contribution in [2.24, 2.45) is 11.8 Å². The Bertz CT molecular complexity index is 291. The topological polar surface area (TPSA) is 0 Å². The Morgan fingerprint density at radius 3 is 2.29 bits per heavy atom. The number of rotatable bonds is 7. The SMILES string of the molecule is C=C(/C=C(C)\C(=C/C)CC(CC)CCl)C(C)C. The zero-order valence-electron chi connectivity index (χ0n) is 12.0. The van der Waals surface area contributed by atoms with Gasteiger partial charge in [0.25, 0.3) is 0 Å². The van der Waals surface area contributed by atoms with E-state index in [1.54, 1.807) is 0 Å². The lowest BCUT2D eigenvalue weighted by molar-refractivity contribution is 0.565. The minimum atomic E-state index is 0.512. The largest absolute Gasteiger partial charge is 0.126 e. The first kappa shape index (κ1) is 16.5. The van der Waals surface area contributed by atoms with Crippen molar-refractivity contribution in [3.05, 3.63) is 35.5 Å². The molecule has 0 spiro atoms. The zero-order chi connectivity index (χ0) is 13.4. The van der Waals surface area contributed by atoms with Crippen LogP contribution in [0, 0.1) is 11.8 Å². The summed E-state index contributed by atoms with van der Waals surface area (Å²) >= 11 is 5.97. The molecule has 0 aliphatic heterocycles. The maximum Gasteiger partial charge on any atom is 0.0254 e. The van der Waals surface area contributed by atoms with E-state index in [0.717, 1.165) is 18.7 Å². The highest BCUT2D eigenvalue weighted by molar-refractivity contribution is 6.18. The van der Waals surface area contributed by atoms with Gasteiger partial charge in [0.15, 0.2) is 0 Å². The summed E-state index contributed by atoms with van der Waals surface area (Å²) in [6, 6.07) is 0. The van der Waals surface area contributed by atoms with Crippen molar-refractivity contribution in [3.63, 3.8) is 0 Å². The third kappa shape index (κ3) is 6.12. The molecule has 0 amide bonds. The van der Waals surface area contributed by atoms with E-state index in [4.69, 9.17) is 11.6 Å². The molecule has 0 nitrogen and oxygen atoms in total. The first-order valence-electron chi connectivity index (χ1n) is 6.54. The van der Waals surface area contributed by atoms with Crippen LogP contribution in [0.5, 0.6) is 0 Å². The van der Waals surface area contributed by atoms with Crippen molar-refractivity contribution in [3.8, 4) is 0 Å². The molecule has 0 N–H and O–H groups in total. The summed E-state index contributed by atoms with van der Waals surface area (Å²) < 4.78 is 0. The molecule has 1 unspecified atom stereocenters. The van der Waals surface area contributed by atoms with Crippen molar-refractivity contribution in [2.75, 3.05) is 5.88 Å². The highest BCUT2D eigenvalue weighted by atomic mass is 35.5. The molecule has 0 aromatic heterocycles. The van der Waals surface area contributed by atoms with Crippen molar-refractivity contribution >= 4 is 11.6 Å². The zero-order valence-corrected chi connectivity index (χ0v) is 12.8. The normalized spacial score (nSPS) is 15.2. The van der Waals surface area contributed by atoms with E-state index in [9.17, 15) is 0 Å². The van der Waals surface area contributed by atoms with Gasteiger partial charge in [-0.05, 0) is 43.3 Å². The molecule has 0 fully saturated rings. The number of hydrogen-bond acceptors (Lipinski definition) is 0. The second kappa shape index (κ2) is 8.58. The van der Waals surface area contributed by atoms with E-state index in [2.05, 4.69) is 53.3 Å². The summed E-state index contributed by atoms with van der Waals surface area (Å²) in [5.74, 6) is 1.84. The molecule has 1 atom stereocenters. The van der Waals surface area contributed by atoms with Gasteiger partial charge in [0.2, 0.25) is 0 Å². The molecule has 17 heavy (non-hydrogen) atoms. The maximum absolute atomic E-state index is 5.97. The van der Waals surface area contributed by atoms with Crippen molar-refractivity contribution in [1.29, 1.82) is 0 Å². The van der Waals surface area contributed by atoms with Gasteiger partial charge in [0.05, 0.1) is 0 Å². The van der Waals surface area contributed by atoms with Gasteiger partial charge in [0, 0.05) is 5.88 Å². The van der Waals surface area contributed by atoms with E-state index in [-0.39, 0.29) is 0 Å². The van der Waals surface area contributed by atoms with Gasteiger partial charge in [-0.1, -0.05) is 51.5 Å². The average molecular weight is 255 g/mol. The van der Waals surface area contributed by atoms with Crippen LogP contribution in [0.1, 0.15) is 47.5 Å². The average Bonchev–Trinajstić information content (AvgIpc) is 2.30. The second-order valence-corrected chi connectivity index (χ2v) is 5.31. The third-order valence-corrected chi connectivity index (χ3v) is 3.74. The monoisotopic (exact) mass is 254 g/mol. The lowest BCUT2D eigenvalue weighted by Crippen LogP contribution is -2.03. The first-order chi connectivity index (χ1) is 7.96. The van der Waals surface area contributed by atoms with Crippen LogP contribution in [0.25, 0.3) is 0 Å². The van der Waals surface area contributed by atoms with E-state index >= 15 is 0 Å². The molecule has 0 aromatic carbocycles. The van der Waals surface area contributed by atoms with E-state index in [0.29, 0.717) is 11.8 Å². The molecule has 1 heteroatoms. The van der Waals surface area contributed by atoms with Gasteiger partial charge < -0.3 is 0 Å². The van der Waals surface area contributed by atoms with Crippen LogP contribution in [0.4, 0.5) is 0 Å². The number of hydrogen-bond donors (Lipinski definition) is 0. The van der Waals surface area contributed by atoms with Crippen LogP contribution >= 0.6 is 11.6 Å². The van der Waals surface area contributed by atoms with Crippen molar-refractivity contribution < 1.29 is 0 Å². The summed E-state index contributed by atoms with van der Waals surface area (Å²) in [5, 5.41) is 0. The predicted octanol–water partition coefficient (Wildman–Crippen LogP) is 5.75. The fourth-order valence-corrected chi connectivity index (χ4v) is 1.99. The Hall–Kier alpha value is -0.490. The summed E-state index contributed by atoms with van der Waals surface area (Å²) in [7, 11) is 0. The summed E-state index contributed by atoms with van der Waals surface area (Å²) in [6.07, 6.45) is 6.62. The Morgan fingerprint density at radius 1 is 1.35 bits per heavy atom. The quantitative estimate of drug-likeness (QED) is 0.401. The van der Waals surface area contributed by atoms with E-state index in [1.807, 2.05) is 0 Å². The minimum Gasteiger partial charge on any atom is -0.126 e. The standard InChI is InChI=1S/C16H27Cl/c1-7-15(11-17)10-16(8-2)14(6)9-13(5)12(3)4/h8-9,12,15H,5,7,10-11H2,1-4,6H3/b14-9-,16-8-. The Morgan fingerprint density at radius 2 is 1.94 bits per heavy atom. The van der Waals surface area contributed by atoms with Crippen LogP contribution in [0.3, 0.4) is 0 Å². The molecular formula is C16H27Cl. The molecule has 0 aromatic rings. The highest BCUT2D eigenvalue weighted by Crippen LogP contribution is 2.24. The van der Waals surface area contributed by atoms with E-state index < -0.39 is 0 Å². The van der Waals surface area contributed by atoms with Crippen molar-refractivity contribution in [1.82, 2.24) is 0 Å². The minimum absolute atomic E-state index is 0.512. The van der Waals surface area contributed by atoms with Crippen molar-refractivity contribution in [2.45, 2.75) is 47.5 Å². The van der Waals surface area contributed by atoms with Gasteiger partial charge >= 0.3 is 0 Å². The number of alkyl halides is 1.